The third-order valence-corrected chi connectivity index (χ3v) is 4.28. The van der Waals surface area contributed by atoms with Crippen LogP contribution in [-0.4, -0.2) is 30.7 Å². The number of benzene rings is 1. The van der Waals surface area contributed by atoms with Crippen molar-refractivity contribution in [2.75, 3.05) is 24.2 Å². The summed E-state index contributed by atoms with van der Waals surface area (Å²) in [5.41, 5.74) is 5.90. The molecule has 6 heteroatoms. The Balaban J connectivity index is 2.00. The molecule has 0 bridgehead atoms. The van der Waals surface area contributed by atoms with Crippen LogP contribution in [-0.2, 0) is 9.59 Å². The first-order chi connectivity index (χ1) is 9.66. The van der Waals surface area contributed by atoms with Crippen molar-refractivity contribution in [3.63, 3.8) is 0 Å². The summed E-state index contributed by atoms with van der Waals surface area (Å²) in [4.78, 5) is 23.9. The van der Waals surface area contributed by atoms with Crippen LogP contribution in [0.4, 0.5) is 5.69 Å². The number of nitrogens with two attached hydrogens (primary N) is 1. The number of carbonyl (C=O) groups excluding carboxylic acids is 2. The van der Waals surface area contributed by atoms with E-state index in [0.717, 1.165) is 36.5 Å². The molecule has 1 aliphatic heterocycles. The molecule has 0 saturated carbocycles. The summed E-state index contributed by atoms with van der Waals surface area (Å²) in [7, 11) is 0. The molecule has 2 amide bonds. The van der Waals surface area contributed by atoms with Crippen LogP contribution in [0.1, 0.15) is 12.8 Å². The second-order valence-corrected chi connectivity index (χ2v) is 5.80. The number of piperidine rings is 1. The molecule has 1 atom stereocenters. The second-order valence-electron chi connectivity index (χ2n) is 4.78. The lowest BCUT2D eigenvalue weighted by molar-refractivity contribution is -0.120. The number of carbonyl (C=O) groups is 2. The zero-order chi connectivity index (χ0) is 14.4. The van der Waals surface area contributed by atoms with Crippen molar-refractivity contribution >= 4 is 29.3 Å². The van der Waals surface area contributed by atoms with E-state index in [9.17, 15) is 9.59 Å². The lowest BCUT2D eigenvalue weighted by Crippen LogP contribution is -2.37. The van der Waals surface area contributed by atoms with Crippen molar-refractivity contribution in [1.29, 1.82) is 0 Å². The molecule has 0 aromatic heterocycles. The number of hydrogen-bond donors (Lipinski definition) is 3. The van der Waals surface area contributed by atoms with E-state index in [2.05, 4.69) is 10.6 Å². The van der Waals surface area contributed by atoms with Crippen molar-refractivity contribution in [3.8, 4) is 0 Å². The van der Waals surface area contributed by atoms with Crippen molar-refractivity contribution in [2.24, 2.45) is 11.7 Å². The fraction of sp³-hybridized carbons (Fsp3) is 0.429. The molecule has 0 radical (unpaired) electrons. The maximum absolute atomic E-state index is 12.2. The van der Waals surface area contributed by atoms with Crippen LogP contribution >= 0.6 is 11.8 Å². The fourth-order valence-electron chi connectivity index (χ4n) is 2.16. The highest BCUT2D eigenvalue weighted by Gasteiger charge is 2.21. The van der Waals surface area contributed by atoms with E-state index in [-0.39, 0.29) is 23.5 Å². The van der Waals surface area contributed by atoms with Gasteiger partial charge in [-0.1, -0.05) is 12.1 Å². The van der Waals surface area contributed by atoms with E-state index < -0.39 is 0 Å². The number of anilines is 1. The van der Waals surface area contributed by atoms with Gasteiger partial charge in [0.05, 0.1) is 17.4 Å². The van der Waals surface area contributed by atoms with Gasteiger partial charge in [0, 0.05) is 11.4 Å². The summed E-state index contributed by atoms with van der Waals surface area (Å²) in [5.74, 6) is -0.118. The second kappa shape index (κ2) is 7.31. The Morgan fingerprint density at radius 3 is 2.90 bits per heavy atom. The van der Waals surface area contributed by atoms with Crippen molar-refractivity contribution < 1.29 is 9.59 Å². The van der Waals surface area contributed by atoms with Crippen molar-refractivity contribution in [2.45, 2.75) is 17.7 Å². The first kappa shape index (κ1) is 14.9. The highest BCUT2D eigenvalue weighted by molar-refractivity contribution is 8.00. The lowest BCUT2D eigenvalue weighted by atomic mass is 9.99. The number of hydrogen-bond acceptors (Lipinski definition) is 4. The minimum Gasteiger partial charge on any atom is -0.369 e. The maximum atomic E-state index is 12.2. The molecule has 20 heavy (non-hydrogen) atoms. The number of para-hydroxylation sites is 1. The molecule has 5 nitrogen and oxygen atoms in total. The topological polar surface area (TPSA) is 84.2 Å². The van der Waals surface area contributed by atoms with Crippen molar-refractivity contribution in [1.82, 2.24) is 5.32 Å². The fourth-order valence-corrected chi connectivity index (χ4v) is 2.90. The van der Waals surface area contributed by atoms with Gasteiger partial charge in [0.25, 0.3) is 0 Å². The van der Waals surface area contributed by atoms with Crippen LogP contribution in [0, 0.1) is 5.92 Å². The molecular weight excluding hydrogens is 274 g/mol. The molecule has 1 aliphatic rings. The van der Waals surface area contributed by atoms with Gasteiger partial charge >= 0.3 is 0 Å². The molecule has 0 spiro atoms. The third-order valence-electron chi connectivity index (χ3n) is 3.18. The number of thioether (sulfide) groups is 1. The van der Waals surface area contributed by atoms with Gasteiger partial charge in [0.1, 0.15) is 0 Å². The first-order valence-electron chi connectivity index (χ1n) is 6.68. The smallest absolute Gasteiger partial charge is 0.228 e. The van der Waals surface area contributed by atoms with E-state index in [0.29, 0.717) is 0 Å². The molecule has 0 aliphatic carbocycles. The average Bonchev–Trinajstić information content (AvgIpc) is 2.47. The summed E-state index contributed by atoms with van der Waals surface area (Å²) < 4.78 is 0. The van der Waals surface area contributed by atoms with Gasteiger partial charge in [-0.05, 0) is 31.5 Å². The minimum absolute atomic E-state index is 0.0120. The van der Waals surface area contributed by atoms with Gasteiger partial charge in [0.15, 0.2) is 0 Å². The average molecular weight is 293 g/mol. The first-order valence-corrected chi connectivity index (χ1v) is 7.67. The molecular formula is C14H19N3O2S. The van der Waals surface area contributed by atoms with Crippen LogP contribution < -0.4 is 16.4 Å². The zero-order valence-corrected chi connectivity index (χ0v) is 12.0. The molecule has 1 aromatic carbocycles. The number of amides is 2. The van der Waals surface area contributed by atoms with Crippen LogP contribution in [0.5, 0.6) is 0 Å². The summed E-state index contributed by atoms with van der Waals surface area (Å²) in [6, 6.07) is 7.46. The molecule has 1 heterocycles. The van der Waals surface area contributed by atoms with Crippen LogP contribution in [0.25, 0.3) is 0 Å². The molecule has 0 unspecified atom stereocenters. The normalized spacial score (nSPS) is 18.5. The standard InChI is InChI=1S/C14H19N3O2S/c15-13(18)9-20-12-6-2-1-5-11(12)17-14(19)10-4-3-7-16-8-10/h1-2,5-6,10,16H,3-4,7-9H2,(H2,15,18)(H,17,19)/t10-/m1/s1. The zero-order valence-electron chi connectivity index (χ0n) is 11.2. The van der Waals surface area contributed by atoms with E-state index in [1.54, 1.807) is 0 Å². The molecule has 108 valence electrons. The van der Waals surface area contributed by atoms with Gasteiger partial charge in [0.2, 0.25) is 11.8 Å². The van der Waals surface area contributed by atoms with Crippen LogP contribution in [0.15, 0.2) is 29.2 Å². The Kier molecular flexibility index (Phi) is 5.43. The van der Waals surface area contributed by atoms with E-state index in [4.69, 9.17) is 5.73 Å². The third kappa shape index (κ3) is 4.25. The predicted molar refractivity (Wildman–Crippen MR) is 80.6 cm³/mol. The summed E-state index contributed by atoms with van der Waals surface area (Å²) >= 11 is 1.34. The van der Waals surface area contributed by atoms with E-state index in [1.165, 1.54) is 11.8 Å². The monoisotopic (exact) mass is 293 g/mol. The lowest BCUT2D eigenvalue weighted by Gasteiger charge is -2.22. The number of rotatable bonds is 5. The number of nitrogens with one attached hydrogen (secondary N) is 2. The highest BCUT2D eigenvalue weighted by Crippen LogP contribution is 2.27. The summed E-state index contributed by atoms with van der Waals surface area (Å²) in [6.07, 6.45) is 1.94. The van der Waals surface area contributed by atoms with Gasteiger partial charge < -0.3 is 16.4 Å². The Hall–Kier alpha value is -1.53. The summed E-state index contributed by atoms with van der Waals surface area (Å²) in [6.45, 7) is 1.71. The quantitative estimate of drug-likeness (QED) is 0.712. The maximum Gasteiger partial charge on any atom is 0.228 e. The molecule has 1 aromatic rings. The van der Waals surface area contributed by atoms with Gasteiger partial charge in [-0.3, -0.25) is 9.59 Å². The Morgan fingerprint density at radius 2 is 2.20 bits per heavy atom. The van der Waals surface area contributed by atoms with Crippen LogP contribution in [0.2, 0.25) is 0 Å². The summed E-state index contributed by atoms with van der Waals surface area (Å²) in [5, 5.41) is 6.18. The highest BCUT2D eigenvalue weighted by atomic mass is 32.2. The largest absolute Gasteiger partial charge is 0.369 e. The minimum atomic E-state index is -0.368. The van der Waals surface area contributed by atoms with E-state index >= 15 is 0 Å². The molecule has 1 saturated heterocycles. The van der Waals surface area contributed by atoms with Crippen molar-refractivity contribution in [3.05, 3.63) is 24.3 Å². The SMILES string of the molecule is NC(=O)CSc1ccccc1NC(=O)[C@@H]1CCCNC1. The molecule has 2 rings (SSSR count). The van der Waals surface area contributed by atoms with Gasteiger partial charge in [-0.15, -0.1) is 11.8 Å². The molecule has 1 fully saturated rings. The van der Waals surface area contributed by atoms with E-state index in [1.807, 2.05) is 24.3 Å². The Morgan fingerprint density at radius 1 is 1.40 bits per heavy atom. The van der Waals surface area contributed by atoms with Crippen LogP contribution in [0.3, 0.4) is 0 Å². The number of primary amides is 1. The van der Waals surface area contributed by atoms with Gasteiger partial charge in [-0.2, -0.15) is 0 Å². The predicted octanol–water partition coefficient (Wildman–Crippen LogP) is 1.20. The molecule has 4 N–H and O–H groups in total. The Bertz CT molecular complexity index is 487. The Labute approximate surface area is 122 Å². The van der Waals surface area contributed by atoms with Gasteiger partial charge in [-0.25, -0.2) is 0 Å².